The molecule has 5 rings (SSSR count). The Morgan fingerprint density at radius 3 is 1.88 bits per heavy atom. The number of nitrogens with zero attached hydrogens (tertiary/aromatic N) is 1. The van der Waals surface area contributed by atoms with Crippen molar-refractivity contribution in [2.45, 2.75) is 16.2 Å². The van der Waals surface area contributed by atoms with E-state index in [4.69, 9.17) is 9.47 Å². The number of rotatable bonds is 3. The van der Waals surface area contributed by atoms with Gasteiger partial charge < -0.3 is 9.47 Å². The van der Waals surface area contributed by atoms with Gasteiger partial charge in [0.05, 0.1) is 13.2 Å². The first-order chi connectivity index (χ1) is 12.9. The monoisotopic (exact) mass is 359 g/mol. The maximum Gasteiger partial charge on any atom is 0.185 e. The summed E-state index contributed by atoms with van der Waals surface area (Å²) in [6, 6.07) is 23.0. The molecule has 1 aromatic heterocycles. The molecule has 4 heteroatoms. The van der Waals surface area contributed by atoms with Crippen LogP contribution in [0.4, 0.5) is 0 Å². The second kappa shape index (κ2) is 6.72. The van der Waals surface area contributed by atoms with E-state index in [0.29, 0.717) is 13.2 Å². The number of benzene rings is 3. The molecule has 1 aliphatic rings. The van der Waals surface area contributed by atoms with Gasteiger partial charge in [-0.2, -0.15) is 0 Å². The maximum absolute atomic E-state index is 5.87. The van der Waals surface area contributed by atoms with E-state index in [1.165, 1.54) is 26.4 Å². The van der Waals surface area contributed by atoms with Gasteiger partial charge in [-0.3, -0.25) is 0 Å². The lowest BCUT2D eigenvalue weighted by Crippen LogP contribution is -2.01. The Hall–Kier alpha value is -2.40. The molecule has 4 aromatic rings. The van der Waals surface area contributed by atoms with Crippen LogP contribution in [0.15, 0.2) is 82.8 Å². The van der Waals surface area contributed by atoms with Crippen molar-refractivity contribution in [3.05, 3.63) is 78.5 Å². The first-order valence-electron chi connectivity index (χ1n) is 8.67. The normalized spacial score (nSPS) is 15.1. The zero-order valence-corrected chi connectivity index (χ0v) is 14.9. The Morgan fingerprint density at radius 2 is 1.31 bits per heavy atom. The Bertz CT molecular complexity index is 1020. The zero-order valence-electron chi connectivity index (χ0n) is 14.1. The smallest absolute Gasteiger partial charge is 0.185 e. The summed E-state index contributed by atoms with van der Waals surface area (Å²) < 4.78 is 11.7. The van der Waals surface area contributed by atoms with Crippen molar-refractivity contribution in [3.8, 4) is 0 Å². The van der Waals surface area contributed by atoms with Crippen LogP contribution < -0.4 is 0 Å². The molecule has 0 aliphatic carbocycles. The van der Waals surface area contributed by atoms with Gasteiger partial charge in [0.1, 0.15) is 5.03 Å². The average Bonchev–Trinajstić information content (AvgIpc) is 3.23. The predicted octanol–water partition coefficient (Wildman–Crippen LogP) is 5.58. The SMILES string of the molecule is c1ccc(Sc2c3ccccc3c(C3OCCO3)c3ccccc23)nc1. The second-order valence-corrected chi connectivity index (χ2v) is 7.21. The highest BCUT2D eigenvalue weighted by Gasteiger charge is 2.25. The summed E-state index contributed by atoms with van der Waals surface area (Å²) in [6.45, 7) is 1.27. The minimum absolute atomic E-state index is 0.307. The summed E-state index contributed by atoms with van der Waals surface area (Å²) in [4.78, 5) is 5.72. The molecule has 0 amide bonds. The molecule has 0 bridgehead atoms. The Kier molecular flexibility index (Phi) is 4.09. The van der Waals surface area contributed by atoms with E-state index < -0.39 is 0 Å². The highest BCUT2D eigenvalue weighted by molar-refractivity contribution is 7.99. The molecule has 0 atom stereocenters. The zero-order chi connectivity index (χ0) is 17.3. The summed E-state index contributed by atoms with van der Waals surface area (Å²) >= 11 is 1.71. The van der Waals surface area contributed by atoms with E-state index in [9.17, 15) is 0 Å². The standard InChI is InChI=1S/C22H17NO2S/c1-3-9-17-15(7-1)20(22-24-13-14-25-22)16-8-2-4-10-18(16)21(17)26-19-11-5-6-12-23-19/h1-12,22H,13-14H2. The molecule has 0 unspecified atom stereocenters. The molecule has 26 heavy (non-hydrogen) atoms. The summed E-state index contributed by atoms with van der Waals surface area (Å²) in [6.07, 6.45) is 1.53. The van der Waals surface area contributed by atoms with E-state index in [1.807, 2.05) is 24.4 Å². The molecule has 0 saturated carbocycles. The Labute approximate surface area is 156 Å². The number of hydrogen-bond donors (Lipinski definition) is 0. The molecule has 3 nitrogen and oxygen atoms in total. The molecular weight excluding hydrogens is 342 g/mol. The first-order valence-corrected chi connectivity index (χ1v) is 9.49. The summed E-state index contributed by atoms with van der Waals surface area (Å²) in [7, 11) is 0. The molecule has 1 saturated heterocycles. The van der Waals surface area contributed by atoms with Crippen LogP contribution in [0.5, 0.6) is 0 Å². The highest BCUT2D eigenvalue weighted by atomic mass is 32.2. The van der Waals surface area contributed by atoms with Crippen molar-refractivity contribution in [1.82, 2.24) is 4.98 Å². The molecule has 1 fully saturated rings. The lowest BCUT2D eigenvalue weighted by Gasteiger charge is -2.19. The summed E-state index contributed by atoms with van der Waals surface area (Å²) in [5.74, 6) is 0. The van der Waals surface area contributed by atoms with Crippen molar-refractivity contribution < 1.29 is 9.47 Å². The van der Waals surface area contributed by atoms with Crippen LogP contribution in [0.3, 0.4) is 0 Å². The van der Waals surface area contributed by atoms with Crippen molar-refractivity contribution in [2.75, 3.05) is 13.2 Å². The summed E-state index contributed by atoms with van der Waals surface area (Å²) in [5.41, 5.74) is 1.12. The third kappa shape index (κ3) is 2.67. The van der Waals surface area contributed by atoms with Gasteiger partial charge in [0.2, 0.25) is 0 Å². The first kappa shape index (κ1) is 15.8. The lowest BCUT2D eigenvalue weighted by molar-refractivity contribution is -0.0419. The van der Waals surface area contributed by atoms with E-state index in [2.05, 4.69) is 53.5 Å². The quantitative estimate of drug-likeness (QED) is 0.447. The fourth-order valence-electron chi connectivity index (χ4n) is 3.52. The fraction of sp³-hybridized carbons (Fsp3) is 0.136. The fourth-order valence-corrected chi connectivity index (χ4v) is 4.57. The number of hydrogen-bond acceptors (Lipinski definition) is 4. The van der Waals surface area contributed by atoms with Crippen LogP contribution in [0, 0.1) is 0 Å². The van der Waals surface area contributed by atoms with Crippen LogP contribution in [-0.2, 0) is 9.47 Å². The van der Waals surface area contributed by atoms with Crippen molar-refractivity contribution >= 4 is 33.3 Å². The maximum atomic E-state index is 5.87. The Balaban J connectivity index is 1.82. The van der Waals surface area contributed by atoms with Gasteiger partial charge in [-0.1, -0.05) is 66.4 Å². The molecule has 0 spiro atoms. The highest BCUT2D eigenvalue weighted by Crippen LogP contribution is 2.44. The molecule has 1 aliphatic heterocycles. The number of fused-ring (bicyclic) bond motifs is 2. The van der Waals surface area contributed by atoms with E-state index in [0.717, 1.165) is 10.6 Å². The molecule has 3 aromatic carbocycles. The van der Waals surface area contributed by atoms with Gasteiger partial charge in [0, 0.05) is 16.7 Å². The molecule has 0 radical (unpaired) electrons. The van der Waals surface area contributed by atoms with Crippen LogP contribution in [-0.4, -0.2) is 18.2 Å². The van der Waals surface area contributed by atoms with Crippen molar-refractivity contribution in [2.24, 2.45) is 0 Å². The average molecular weight is 359 g/mol. The van der Waals surface area contributed by atoms with Gasteiger partial charge in [-0.25, -0.2) is 4.98 Å². The molecule has 2 heterocycles. The molecule has 0 N–H and O–H groups in total. The summed E-state index contributed by atoms with van der Waals surface area (Å²) in [5, 5.41) is 5.75. The lowest BCUT2D eigenvalue weighted by atomic mass is 9.96. The van der Waals surface area contributed by atoms with Gasteiger partial charge in [0.15, 0.2) is 6.29 Å². The molecule has 128 valence electrons. The number of ether oxygens (including phenoxy) is 2. The van der Waals surface area contributed by atoms with Crippen molar-refractivity contribution in [1.29, 1.82) is 0 Å². The second-order valence-electron chi connectivity index (χ2n) is 6.18. The topological polar surface area (TPSA) is 31.4 Å². The predicted molar refractivity (Wildman–Crippen MR) is 104 cm³/mol. The van der Waals surface area contributed by atoms with Gasteiger partial charge >= 0.3 is 0 Å². The van der Waals surface area contributed by atoms with Crippen LogP contribution >= 0.6 is 11.8 Å². The van der Waals surface area contributed by atoms with E-state index in [-0.39, 0.29) is 6.29 Å². The van der Waals surface area contributed by atoms with Crippen molar-refractivity contribution in [3.63, 3.8) is 0 Å². The molecular formula is C22H17NO2S. The number of pyridine rings is 1. The third-order valence-electron chi connectivity index (χ3n) is 4.63. The number of aromatic nitrogens is 1. The minimum atomic E-state index is -0.307. The minimum Gasteiger partial charge on any atom is -0.346 e. The van der Waals surface area contributed by atoms with Crippen LogP contribution in [0.2, 0.25) is 0 Å². The largest absolute Gasteiger partial charge is 0.346 e. The van der Waals surface area contributed by atoms with Crippen LogP contribution in [0.25, 0.3) is 21.5 Å². The van der Waals surface area contributed by atoms with E-state index in [1.54, 1.807) is 11.8 Å². The Morgan fingerprint density at radius 1 is 0.731 bits per heavy atom. The van der Waals surface area contributed by atoms with Crippen LogP contribution in [0.1, 0.15) is 11.9 Å². The van der Waals surface area contributed by atoms with E-state index >= 15 is 0 Å². The third-order valence-corrected chi connectivity index (χ3v) is 5.72. The van der Waals surface area contributed by atoms with Gasteiger partial charge in [-0.15, -0.1) is 0 Å². The van der Waals surface area contributed by atoms with Gasteiger partial charge in [0.25, 0.3) is 0 Å². The van der Waals surface area contributed by atoms with Gasteiger partial charge in [-0.05, 0) is 33.7 Å².